The van der Waals surface area contributed by atoms with Gasteiger partial charge in [-0.25, -0.2) is 0 Å². The molecule has 2 fully saturated rings. The molecule has 1 aliphatic heterocycles. The van der Waals surface area contributed by atoms with E-state index in [0.29, 0.717) is 6.04 Å². The molecule has 3 atom stereocenters. The molecule has 0 aromatic carbocycles. The Kier molecular flexibility index (Phi) is 5.64. The van der Waals surface area contributed by atoms with E-state index in [2.05, 4.69) is 23.6 Å². The van der Waals surface area contributed by atoms with Gasteiger partial charge in [-0.15, -0.1) is 0 Å². The van der Waals surface area contributed by atoms with Crippen molar-refractivity contribution in [3.05, 3.63) is 0 Å². The quantitative estimate of drug-likeness (QED) is 0.841. The lowest BCUT2D eigenvalue weighted by molar-refractivity contribution is 0.115. The Hall–Kier alpha value is 0.270. The van der Waals surface area contributed by atoms with Gasteiger partial charge in [-0.3, -0.25) is 4.90 Å². The molecule has 0 amide bonds. The number of hydrogen-bond donors (Lipinski definition) is 1. The molecule has 0 aromatic rings. The third-order valence-electron chi connectivity index (χ3n) is 4.49. The average molecular weight is 256 g/mol. The number of nitrogens with two attached hydrogens (primary N) is 1. The lowest BCUT2D eigenvalue weighted by atomic mass is 9.78. The Morgan fingerprint density at radius 1 is 1.24 bits per heavy atom. The van der Waals surface area contributed by atoms with Crippen molar-refractivity contribution in [3.63, 3.8) is 0 Å². The van der Waals surface area contributed by atoms with Crippen molar-refractivity contribution in [2.75, 3.05) is 31.1 Å². The summed E-state index contributed by atoms with van der Waals surface area (Å²) < 4.78 is 0. The van der Waals surface area contributed by atoms with Crippen molar-refractivity contribution in [2.45, 2.75) is 45.1 Å². The molecule has 2 rings (SSSR count). The van der Waals surface area contributed by atoms with Crippen molar-refractivity contribution >= 4 is 11.8 Å². The third kappa shape index (κ3) is 3.87. The summed E-state index contributed by atoms with van der Waals surface area (Å²) in [6.45, 7) is 5.82. The summed E-state index contributed by atoms with van der Waals surface area (Å²) in [5, 5.41) is 0. The summed E-state index contributed by atoms with van der Waals surface area (Å²) in [6.07, 6.45) is 7.03. The molecule has 1 saturated heterocycles. The Labute approximate surface area is 111 Å². The zero-order chi connectivity index (χ0) is 12.1. The van der Waals surface area contributed by atoms with Crippen LogP contribution in [0.15, 0.2) is 0 Å². The van der Waals surface area contributed by atoms with E-state index in [1.807, 2.05) is 0 Å². The maximum Gasteiger partial charge on any atom is 0.0247 e. The van der Waals surface area contributed by atoms with Crippen molar-refractivity contribution in [1.29, 1.82) is 0 Å². The highest BCUT2D eigenvalue weighted by Crippen LogP contribution is 2.33. The van der Waals surface area contributed by atoms with Crippen molar-refractivity contribution in [3.8, 4) is 0 Å². The van der Waals surface area contributed by atoms with Crippen LogP contribution >= 0.6 is 11.8 Å². The Bertz CT molecular complexity index is 212. The van der Waals surface area contributed by atoms with Crippen LogP contribution in [0.5, 0.6) is 0 Å². The summed E-state index contributed by atoms with van der Waals surface area (Å²) in [5.74, 6) is 4.43. The Morgan fingerprint density at radius 3 is 2.88 bits per heavy atom. The largest absolute Gasteiger partial charge is 0.329 e. The first-order chi connectivity index (χ1) is 8.31. The third-order valence-corrected chi connectivity index (χ3v) is 5.54. The first-order valence-corrected chi connectivity index (χ1v) is 8.48. The molecule has 0 radical (unpaired) electrons. The smallest absolute Gasteiger partial charge is 0.0247 e. The highest BCUT2D eigenvalue weighted by atomic mass is 32.2. The van der Waals surface area contributed by atoms with Crippen LogP contribution in [0.1, 0.15) is 39.0 Å². The van der Waals surface area contributed by atoms with Gasteiger partial charge in [0, 0.05) is 24.9 Å². The topological polar surface area (TPSA) is 29.3 Å². The van der Waals surface area contributed by atoms with E-state index in [1.54, 1.807) is 0 Å². The fourth-order valence-corrected chi connectivity index (χ4v) is 4.47. The molecule has 17 heavy (non-hydrogen) atoms. The van der Waals surface area contributed by atoms with Crippen LogP contribution in [-0.2, 0) is 0 Å². The van der Waals surface area contributed by atoms with E-state index >= 15 is 0 Å². The van der Waals surface area contributed by atoms with Crippen molar-refractivity contribution in [2.24, 2.45) is 17.6 Å². The highest BCUT2D eigenvalue weighted by Gasteiger charge is 2.30. The van der Waals surface area contributed by atoms with Gasteiger partial charge in [-0.05, 0) is 43.4 Å². The van der Waals surface area contributed by atoms with E-state index in [9.17, 15) is 0 Å². The van der Waals surface area contributed by atoms with Crippen molar-refractivity contribution in [1.82, 2.24) is 4.90 Å². The molecule has 3 heteroatoms. The van der Waals surface area contributed by atoms with Crippen LogP contribution in [0.3, 0.4) is 0 Å². The minimum atomic E-state index is 0.663. The van der Waals surface area contributed by atoms with Crippen LogP contribution in [0.25, 0.3) is 0 Å². The summed E-state index contributed by atoms with van der Waals surface area (Å²) in [7, 11) is 0. The molecule has 2 aliphatic rings. The highest BCUT2D eigenvalue weighted by molar-refractivity contribution is 7.99. The molecule has 0 bridgehead atoms. The average Bonchev–Trinajstić information content (AvgIpc) is 2.59. The Balaban J connectivity index is 1.93. The van der Waals surface area contributed by atoms with E-state index < -0.39 is 0 Å². The molecular weight excluding hydrogens is 228 g/mol. The lowest BCUT2D eigenvalue weighted by Crippen LogP contribution is -2.47. The molecule has 1 aliphatic carbocycles. The van der Waals surface area contributed by atoms with Crippen LogP contribution in [0, 0.1) is 11.8 Å². The van der Waals surface area contributed by atoms with E-state index in [0.717, 1.165) is 18.4 Å². The summed E-state index contributed by atoms with van der Waals surface area (Å²) >= 11 is 2.11. The zero-order valence-electron chi connectivity index (χ0n) is 11.2. The van der Waals surface area contributed by atoms with Crippen molar-refractivity contribution < 1.29 is 0 Å². The number of thioether (sulfide) groups is 1. The minimum absolute atomic E-state index is 0.663. The maximum atomic E-state index is 6.08. The molecule has 1 saturated carbocycles. The van der Waals surface area contributed by atoms with Crippen LogP contribution in [0.2, 0.25) is 0 Å². The normalized spacial score (nSPS) is 34.2. The predicted octanol–water partition coefficient (Wildman–Crippen LogP) is 2.58. The molecule has 100 valence electrons. The standard InChI is InChI=1S/C14H28N2S/c1-12-4-2-5-13(10-12)14(11-15)16-6-3-8-17-9-7-16/h12-14H,2-11,15H2,1H3. The second-order valence-corrected chi connectivity index (χ2v) is 7.06. The van der Waals surface area contributed by atoms with Crippen LogP contribution in [-0.4, -0.2) is 42.1 Å². The zero-order valence-corrected chi connectivity index (χ0v) is 12.1. The van der Waals surface area contributed by atoms with E-state index in [1.165, 1.54) is 56.7 Å². The summed E-state index contributed by atoms with van der Waals surface area (Å²) in [6, 6.07) is 0.663. The number of hydrogen-bond acceptors (Lipinski definition) is 3. The van der Waals surface area contributed by atoms with Gasteiger partial charge in [0.15, 0.2) is 0 Å². The molecule has 3 unspecified atom stereocenters. The molecule has 2 N–H and O–H groups in total. The second-order valence-electron chi connectivity index (χ2n) is 5.84. The number of rotatable bonds is 3. The van der Waals surface area contributed by atoms with Gasteiger partial charge in [0.25, 0.3) is 0 Å². The monoisotopic (exact) mass is 256 g/mol. The first-order valence-electron chi connectivity index (χ1n) is 7.33. The first kappa shape index (κ1) is 13.7. The minimum Gasteiger partial charge on any atom is -0.329 e. The Morgan fingerprint density at radius 2 is 2.12 bits per heavy atom. The van der Waals surface area contributed by atoms with Gasteiger partial charge in [0.2, 0.25) is 0 Å². The SMILES string of the molecule is CC1CCCC(C(CN)N2CCCSCC2)C1. The van der Waals surface area contributed by atoms with Gasteiger partial charge < -0.3 is 5.73 Å². The molecule has 0 aromatic heterocycles. The molecule has 2 nitrogen and oxygen atoms in total. The second kappa shape index (κ2) is 7.01. The summed E-state index contributed by atoms with van der Waals surface area (Å²) in [5.41, 5.74) is 6.08. The molecular formula is C14H28N2S. The summed E-state index contributed by atoms with van der Waals surface area (Å²) in [4.78, 5) is 2.70. The fourth-order valence-electron chi connectivity index (χ4n) is 3.57. The van der Waals surface area contributed by atoms with Gasteiger partial charge in [-0.2, -0.15) is 11.8 Å². The van der Waals surface area contributed by atoms with Crippen LogP contribution in [0.4, 0.5) is 0 Å². The van der Waals surface area contributed by atoms with Gasteiger partial charge >= 0.3 is 0 Å². The van der Waals surface area contributed by atoms with Crippen LogP contribution < -0.4 is 5.73 Å². The fraction of sp³-hybridized carbons (Fsp3) is 1.00. The van der Waals surface area contributed by atoms with E-state index in [4.69, 9.17) is 5.73 Å². The van der Waals surface area contributed by atoms with E-state index in [-0.39, 0.29) is 0 Å². The van der Waals surface area contributed by atoms with Gasteiger partial charge in [-0.1, -0.05) is 19.8 Å². The van der Waals surface area contributed by atoms with Gasteiger partial charge in [0.1, 0.15) is 0 Å². The maximum absolute atomic E-state index is 6.08. The lowest BCUT2D eigenvalue weighted by Gasteiger charge is -2.39. The van der Waals surface area contributed by atoms with Gasteiger partial charge in [0.05, 0.1) is 0 Å². The molecule has 0 spiro atoms. The predicted molar refractivity (Wildman–Crippen MR) is 77.5 cm³/mol. The molecule has 1 heterocycles. The number of nitrogens with zero attached hydrogens (tertiary/aromatic N) is 1.